The number of nitrogen functional groups attached to an aromatic ring is 1. The molecule has 11 nitrogen and oxygen atoms in total. The molecule has 4 atom stereocenters. The SMILES string of the molecule is CC(C)(C)[Si](C)(C)O[C@@H]1[C@H](O[Si](C)(C)C(C)(C)C)[C@@H](/C=C/P(=O)(O)O)O[C@H]1n1cnc2c(N)ncnc21. The molecule has 37 heavy (non-hydrogen) atoms. The third-order valence-corrected chi connectivity index (χ3v) is 17.3. The lowest BCUT2D eigenvalue weighted by molar-refractivity contribution is -0.0192. The van der Waals surface area contributed by atoms with Crippen LogP contribution in [0.25, 0.3) is 11.2 Å². The van der Waals surface area contributed by atoms with E-state index < -0.39 is 48.8 Å². The molecule has 0 unspecified atom stereocenters. The second-order valence-corrected chi connectivity index (χ2v) is 23.7. The summed E-state index contributed by atoms with van der Waals surface area (Å²) in [6, 6.07) is 0. The Morgan fingerprint density at radius 1 is 1.00 bits per heavy atom. The van der Waals surface area contributed by atoms with Gasteiger partial charge in [-0.1, -0.05) is 41.5 Å². The van der Waals surface area contributed by atoms with E-state index in [0.29, 0.717) is 11.2 Å². The normalized spacial score (nSPS) is 24.4. The molecule has 0 aromatic carbocycles. The Kier molecular flexibility index (Phi) is 8.09. The molecule has 2 aromatic rings. The summed E-state index contributed by atoms with van der Waals surface area (Å²) < 4.78 is 33.8. The summed E-state index contributed by atoms with van der Waals surface area (Å²) in [5, 5.41) is -0.226. The van der Waals surface area contributed by atoms with Crippen molar-refractivity contribution >= 4 is 41.2 Å². The van der Waals surface area contributed by atoms with Gasteiger partial charge >= 0.3 is 7.60 Å². The Hall–Kier alpha value is -1.45. The van der Waals surface area contributed by atoms with Crippen molar-refractivity contribution in [3.8, 4) is 0 Å². The second kappa shape index (κ2) is 9.94. The quantitative estimate of drug-likeness (QED) is 0.312. The van der Waals surface area contributed by atoms with E-state index in [4.69, 9.17) is 19.3 Å². The Labute approximate surface area is 221 Å². The maximum Gasteiger partial charge on any atom is 0.348 e. The Bertz CT molecular complexity index is 1200. The van der Waals surface area contributed by atoms with Gasteiger partial charge in [0.1, 0.15) is 30.2 Å². The van der Waals surface area contributed by atoms with Crippen LogP contribution in [0, 0.1) is 0 Å². The van der Waals surface area contributed by atoms with Crippen molar-refractivity contribution < 1.29 is 27.9 Å². The fourth-order valence-electron chi connectivity index (χ4n) is 3.59. The van der Waals surface area contributed by atoms with E-state index in [1.807, 2.05) is 0 Å². The van der Waals surface area contributed by atoms with E-state index in [9.17, 15) is 14.4 Å². The second-order valence-electron chi connectivity index (χ2n) is 12.7. The number of aromatic nitrogens is 4. The summed E-state index contributed by atoms with van der Waals surface area (Å²) in [6.07, 6.45) is 1.61. The number of fused-ring (bicyclic) bond motifs is 1. The van der Waals surface area contributed by atoms with Crippen molar-refractivity contribution in [1.82, 2.24) is 19.5 Å². The zero-order chi connectivity index (χ0) is 28.2. The average Bonchev–Trinajstić information content (AvgIpc) is 3.27. The standard InChI is InChI=1S/C23H42N5O6PSi2/c1-22(2,3)36(7,8)33-17-15(11-12-35(29,30)31)32-21(18(17)34-37(9,10)23(4,5)6)28-14-27-16-19(24)25-13-26-20(16)28/h11-15,17-18,21H,1-10H3,(H2,24,25,26)(H2,29,30,31)/b12-11+/t15-,17-,18-,21-/m1/s1. The summed E-state index contributed by atoms with van der Waals surface area (Å²) in [6.45, 7) is 21.4. The monoisotopic (exact) mass is 571 g/mol. The van der Waals surface area contributed by atoms with Gasteiger partial charge in [-0.3, -0.25) is 9.13 Å². The van der Waals surface area contributed by atoms with Crippen LogP contribution in [0.4, 0.5) is 5.82 Å². The van der Waals surface area contributed by atoms with E-state index in [1.165, 1.54) is 12.4 Å². The number of nitrogens with two attached hydrogens (primary N) is 1. The Morgan fingerprint density at radius 3 is 2.05 bits per heavy atom. The molecule has 0 radical (unpaired) electrons. The Balaban J connectivity index is 2.19. The molecule has 3 heterocycles. The molecule has 0 bridgehead atoms. The minimum Gasteiger partial charge on any atom is -0.408 e. The smallest absolute Gasteiger partial charge is 0.348 e. The lowest BCUT2D eigenvalue weighted by atomic mass is 10.1. The molecule has 0 amide bonds. The van der Waals surface area contributed by atoms with Gasteiger partial charge in [0.25, 0.3) is 0 Å². The van der Waals surface area contributed by atoms with Gasteiger partial charge in [0.2, 0.25) is 0 Å². The van der Waals surface area contributed by atoms with Crippen LogP contribution >= 0.6 is 7.60 Å². The number of hydrogen-bond donors (Lipinski definition) is 3. The van der Waals surface area contributed by atoms with Gasteiger partial charge in [-0.05, 0) is 42.3 Å². The topological polar surface area (TPSA) is 155 Å². The van der Waals surface area contributed by atoms with Crippen LogP contribution in [-0.4, -0.2) is 64.3 Å². The number of imidazole rings is 1. The van der Waals surface area contributed by atoms with Gasteiger partial charge in [-0.2, -0.15) is 0 Å². The van der Waals surface area contributed by atoms with Crippen LogP contribution in [0.15, 0.2) is 24.5 Å². The minimum absolute atomic E-state index is 0.109. The third-order valence-electron chi connectivity index (χ3n) is 7.83. The number of anilines is 1. The van der Waals surface area contributed by atoms with Crippen molar-refractivity contribution in [2.45, 2.75) is 102 Å². The summed E-state index contributed by atoms with van der Waals surface area (Å²) in [5.41, 5.74) is 6.95. The van der Waals surface area contributed by atoms with Gasteiger partial charge in [-0.25, -0.2) is 15.0 Å². The van der Waals surface area contributed by atoms with E-state index >= 15 is 0 Å². The maximum absolute atomic E-state index is 11.8. The van der Waals surface area contributed by atoms with Crippen LogP contribution in [0.3, 0.4) is 0 Å². The van der Waals surface area contributed by atoms with E-state index in [0.717, 1.165) is 5.82 Å². The van der Waals surface area contributed by atoms with Crippen LogP contribution in [0.5, 0.6) is 0 Å². The number of nitrogens with zero attached hydrogens (tertiary/aromatic N) is 4. The predicted molar refractivity (Wildman–Crippen MR) is 149 cm³/mol. The highest BCUT2D eigenvalue weighted by Crippen LogP contribution is 2.47. The largest absolute Gasteiger partial charge is 0.408 e. The van der Waals surface area contributed by atoms with Gasteiger partial charge in [0.15, 0.2) is 34.3 Å². The molecule has 0 aliphatic carbocycles. The first-order chi connectivity index (χ1) is 16.6. The first-order valence-corrected chi connectivity index (χ1v) is 19.8. The molecule has 1 aliphatic heterocycles. The van der Waals surface area contributed by atoms with Crippen LogP contribution < -0.4 is 5.73 Å². The molecule has 1 fully saturated rings. The number of ether oxygens (including phenoxy) is 1. The predicted octanol–water partition coefficient (Wildman–Crippen LogP) is 4.78. The van der Waals surface area contributed by atoms with Crippen LogP contribution in [0.1, 0.15) is 47.8 Å². The third kappa shape index (κ3) is 6.41. The molecule has 0 spiro atoms. The molecule has 14 heteroatoms. The zero-order valence-corrected chi connectivity index (χ0v) is 26.4. The lowest BCUT2D eigenvalue weighted by Crippen LogP contribution is -2.53. The first-order valence-electron chi connectivity index (χ1n) is 12.3. The average molecular weight is 572 g/mol. The summed E-state index contributed by atoms with van der Waals surface area (Å²) >= 11 is 0. The van der Waals surface area contributed by atoms with Gasteiger partial charge in [-0.15, -0.1) is 0 Å². The van der Waals surface area contributed by atoms with Crippen LogP contribution in [0.2, 0.25) is 36.3 Å². The van der Waals surface area contributed by atoms with Crippen LogP contribution in [-0.2, 0) is 18.2 Å². The molecule has 4 N–H and O–H groups in total. The summed E-state index contributed by atoms with van der Waals surface area (Å²) in [4.78, 5) is 32.0. The maximum atomic E-state index is 11.8. The molecule has 1 saturated heterocycles. The lowest BCUT2D eigenvalue weighted by Gasteiger charge is -2.44. The van der Waals surface area contributed by atoms with E-state index in [1.54, 1.807) is 10.9 Å². The highest BCUT2D eigenvalue weighted by atomic mass is 31.2. The van der Waals surface area contributed by atoms with Crippen molar-refractivity contribution in [3.63, 3.8) is 0 Å². The van der Waals surface area contributed by atoms with Gasteiger partial charge in [0.05, 0.1) is 6.33 Å². The highest BCUT2D eigenvalue weighted by Gasteiger charge is 2.54. The fourth-order valence-corrected chi connectivity index (χ4v) is 6.57. The zero-order valence-electron chi connectivity index (χ0n) is 23.5. The summed E-state index contributed by atoms with van der Waals surface area (Å²) in [5.74, 6) is 1.12. The fraction of sp³-hybridized carbons (Fsp3) is 0.696. The molecular formula is C23H42N5O6PSi2. The highest BCUT2D eigenvalue weighted by molar-refractivity contribution is 7.55. The Morgan fingerprint density at radius 2 is 1.54 bits per heavy atom. The van der Waals surface area contributed by atoms with E-state index in [-0.39, 0.29) is 15.9 Å². The first kappa shape index (κ1) is 30.1. The minimum atomic E-state index is -4.43. The van der Waals surface area contributed by atoms with E-state index in [2.05, 4.69) is 82.7 Å². The molecule has 1 aliphatic rings. The van der Waals surface area contributed by atoms with Crippen molar-refractivity contribution in [2.24, 2.45) is 0 Å². The molecule has 2 aromatic heterocycles. The molecule has 208 valence electrons. The van der Waals surface area contributed by atoms with Gasteiger partial charge in [0, 0.05) is 5.82 Å². The van der Waals surface area contributed by atoms with Crippen molar-refractivity contribution in [2.75, 3.05) is 5.73 Å². The van der Waals surface area contributed by atoms with Crippen molar-refractivity contribution in [3.05, 3.63) is 24.5 Å². The number of hydrogen-bond acceptors (Lipinski definition) is 8. The summed E-state index contributed by atoms with van der Waals surface area (Å²) in [7, 11) is -9.17. The molecular weight excluding hydrogens is 529 g/mol. The van der Waals surface area contributed by atoms with Crippen molar-refractivity contribution in [1.29, 1.82) is 0 Å². The molecule has 0 saturated carbocycles. The van der Waals surface area contributed by atoms with Gasteiger partial charge < -0.3 is 29.1 Å². The number of rotatable bonds is 7. The molecule has 3 rings (SSSR count).